The largest absolute Gasteiger partial charge is 0.493 e. The minimum atomic E-state index is -0.427. The Morgan fingerprint density at radius 3 is 2.42 bits per heavy atom. The van der Waals surface area contributed by atoms with Gasteiger partial charge in [0.2, 0.25) is 0 Å². The van der Waals surface area contributed by atoms with Gasteiger partial charge in [0.05, 0.1) is 6.61 Å². The molecule has 0 unspecified atom stereocenters. The first-order valence-corrected chi connectivity index (χ1v) is 7.79. The van der Waals surface area contributed by atoms with Gasteiger partial charge in [-0.15, -0.1) is 0 Å². The third-order valence-electron chi connectivity index (χ3n) is 3.17. The first kappa shape index (κ1) is 17.3. The molecule has 0 saturated carbocycles. The van der Waals surface area contributed by atoms with Crippen LogP contribution in [0.3, 0.4) is 0 Å². The Kier molecular flexibility index (Phi) is 6.16. The van der Waals surface area contributed by atoms with Crippen molar-refractivity contribution in [1.29, 1.82) is 5.26 Å². The van der Waals surface area contributed by atoms with Crippen LogP contribution in [0.5, 0.6) is 5.75 Å². The van der Waals surface area contributed by atoms with Crippen LogP contribution in [0.1, 0.15) is 19.4 Å². The summed E-state index contributed by atoms with van der Waals surface area (Å²) < 4.78 is 5.62. The van der Waals surface area contributed by atoms with Gasteiger partial charge in [-0.3, -0.25) is 4.79 Å². The zero-order valence-corrected chi connectivity index (χ0v) is 13.8. The Morgan fingerprint density at radius 2 is 1.83 bits per heavy atom. The lowest BCUT2D eigenvalue weighted by Gasteiger charge is -2.08. The molecule has 0 radical (unpaired) electrons. The molecule has 4 nitrogen and oxygen atoms in total. The predicted molar refractivity (Wildman–Crippen MR) is 95.4 cm³/mol. The van der Waals surface area contributed by atoms with Crippen LogP contribution in [0, 0.1) is 17.2 Å². The van der Waals surface area contributed by atoms with Crippen LogP contribution in [0.2, 0.25) is 0 Å². The highest BCUT2D eigenvalue weighted by molar-refractivity contribution is 6.09. The molecular formula is C20H20N2O2. The van der Waals surface area contributed by atoms with Gasteiger partial charge in [-0.25, -0.2) is 0 Å². The van der Waals surface area contributed by atoms with E-state index in [-0.39, 0.29) is 5.57 Å². The third kappa shape index (κ3) is 5.29. The summed E-state index contributed by atoms with van der Waals surface area (Å²) in [5.41, 5.74) is 1.47. The highest BCUT2D eigenvalue weighted by Gasteiger charge is 2.09. The maximum absolute atomic E-state index is 12.2. The summed E-state index contributed by atoms with van der Waals surface area (Å²) in [5, 5.41) is 11.9. The van der Waals surface area contributed by atoms with Gasteiger partial charge in [0, 0.05) is 5.69 Å². The van der Waals surface area contributed by atoms with Crippen molar-refractivity contribution < 1.29 is 9.53 Å². The molecule has 0 bridgehead atoms. The minimum Gasteiger partial charge on any atom is -0.493 e. The molecule has 1 amide bonds. The lowest BCUT2D eigenvalue weighted by molar-refractivity contribution is -0.112. The second-order valence-corrected chi connectivity index (χ2v) is 5.76. The average Bonchev–Trinajstić information content (AvgIpc) is 2.59. The minimum absolute atomic E-state index is 0.0506. The van der Waals surface area contributed by atoms with Crippen molar-refractivity contribution in [3.05, 3.63) is 65.7 Å². The molecule has 4 heteroatoms. The van der Waals surface area contributed by atoms with Gasteiger partial charge < -0.3 is 10.1 Å². The zero-order valence-electron chi connectivity index (χ0n) is 13.8. The van der Waals surface area contributed by atoms with Gasteiger partial charge in [-0.05, 0) is 41.8 Å². The number of para-hydroxylation sites is 1. The molecule has 0 fully saturated rings. The van der Waals surface area contributed by atoms with Crippen molar-refractivity contribution in [3.8, 4) is 11.8 Å². The second-order valence-electron chi connectivity index (χ2n) is 5.76. The Hall–Kier alpha value is -3.06. The van der Waals surface area contributed by atoms with E-state index >= 15 is 0 Å². The molecule has 2 rings (SSSR count). The van der Waals surface area contributed by atoms with E-state index in [0.29, 0.717) is 18.2 Å². The predicted octanol–water partition coefficient (Wildman–Crippen LogP) is 4.27. The molecular weight excluding hydrogens is 300 g/mol. The topological polar surface area (TPSA) is 62.1 Å². The molecule has 0 aliphatic heterocycles. The van der Waals surface area contributed by atoms with E-state index in [1.165, 1.54) is 0 Å². The summed E-state index contributed by atoms with van der Waals surface area (Å²) in [4.78, 5) is 12.2. The molecule has 2 aromatic rings. The standard InChI is InChI=1S/C20H20N2O2/c1-15(2)14-24-19-10-8-16(9-11-19)12-17(13-21)20(23)22-18-6-4-3-5-7-18/h3-12,15H,14H2,1-2H3,(H,22,23)/b17-12+. The molecule has 0 spiro atoms. The van der Waals surface area contributed by atoms with E-state index in [1.807, 2.05) is 48.5 Å². The molecule has 122 valence electrons. The lowest BCUT2D eigenvalue weighted by Crippen LogP contribution is -2.13. The summed E-state index contributed by atoms with van der Waals surface area (Å²) in [7, 11) is 0. The molecule has 0 heterocycles. The molecule has 0 atom stereocenters. The van der Waals surface area contributed by atoms with Gasteiger partial charge >= 0.3 is 0 Å². The number of carbonyl (C=O) groups excluding carboxylic acids is 1. The Balaban J connectivity index is 2.06. The van der Waals surface area contributed by atoms with E-state index in [4.69, 9.17) is 4.74 Å². The Labute approximate surface area is 142 Å². The monoisotopic (exact) mass is 320 g/mol. The van der Waals surface area contributed by atoms with Crippen LogP contribution in [-0.2, 0) is 4.79 Å². The van der Waals surface area contributed by atoms with Gasteiger partial charge in [0.15, 0.2) is 0 Å². The van der Waals surface area contributed by atoms with Crippen LogP contribution in [0.4, 0.5) is 5.69 Å². The van der Waals surface area contributed by atoms with E-state index in [2.05, 4.69) is 19.2 Å². The van der Waals surface area contributed by atoms with Crippen molar-refractivity contribution >= 4 is 17.7 Å². The highest BCUT2D eigenvalue weighted by atomic mass is 16.5. The van der Waals surface area contributed by atoms with Crippen LogP contribution in [0.15, 0.2) is 60.2 Å². The van der Waals surface area contributed by atoms with Gasteiger partial charge in [-0.2, -0.15) is 5.26 Å². The maximum Gasteiger partial charge on any atom is 0.266 e. The fraction of sp³-hybridized carbons (Fsp3) is 0.200. The van der Waals surface area contributed by atoms with E-state index in [0.717, 1.165) is 11.3 Å². The number of nitrogens with zero attached hydrogens (tertiary/aromatic N) is 1. The van der Waals surface area contributed by atoms with E-state index in [9.17, 15) is 10.1 Å². The first-order valence-electron chi connectivity index (χ1n) is 7.79. The normalized spacial score (nSPS) is 11.0. The SMILES string of the molecule is CC(C)COc1ccc(/C=C(\C#N)C(=O)Nc2ccccc2)cc1. The molecule has 0 aliphatic carbocycles. The van der Waals surface area contributed by atoms with E-state index < -0.39 is 5.91 Å². The van der Waals surface area contributed by atoms with Crippen molar-refractivity contribution in [2.45, 2.75) is 13.8 Å². The Bertz CT molecular complexity index is 741. The van der Waals surface area contributed by atoms with Gasteiger partial charge in [0.25, 0.3) is 5.91 Å². The molecule has 1 N–H and O–H groups in total. The maximum atomic E-state index is 12.2. The van der Waals surface area contributed by atoms with Crippen LogP contribution in [0.25, 0.3) is 6.08 Å². The first-order chi connectivity index (χ1) is 11.6. The average molecular weight is 320 g/mol. The van der Waals surface area contributed by atoms with Crippen molar-refractivity contribution in [2.75, 3.05) is 11.9 Å². The second kappa shape index (κ2) is 8.54. The summed E-state index contributed by atoms with van der Waals surface area (Å²) in [6.45, 7) is 4.82. The lowest BCUT2D eigenvalue weighted by atomic mass is 10.1. The van der Waals surface area contributed by atoms with Crippen LogP contribution in [-0.4, -0.2) is 12.5 Å². The molecule has 0 saturated heterocycles. The summed E-state index contributed by atoms with van der Waals surface area (Å²) >= 11 is 0. The van der Waals surface area contributed by atoms with E-state index in [1.54, 1.807) is 18.2 Å². The van der Waals surface area contributed by atoms with Crippen LogP contribution < -0.4 is 10.1 Å². The van der Waals surface area contributed by atoms with Gasteiger partial charge in [-0.1, -0.05) is 44.2 Å². The summed E-state index contributed by atoms with van der Waals surface area (Å²) in [6, 6.07) is 18.3. The number of hydrogen-bond donors (Lipinski definition) is 1. The molecule has 0 aromatic heterocycles. The Morgan fingerprint density at radius 1 is 1.17 bits per heavy atom. The van der Waals surface area contributed by atoms with Gasteiger partial charge in [0.1, 0.15) is 17.4 Å². The number of anilines is 1. The van der Waals surface area contributed by atoms with Crippen LogP contribution >= 0.6 is 0 Å². The fourth-order valence-electron chi connectivity index (χ4n) is 1.96. The van der Waals surface area contributed by atoms with Crippen molar-refractivity contribution in [2.24, 2.45) is 5.92 Å². The number of nitriles is 1. The number of ether oxygens (including phenoxy) is 1. The van der Waals surface area contributed by atoms with Crippen molar-refractivity contribution in [3.63, 3.8) is 0 Å². The number of benzene rings is 2. The fourth-order valence-corrected chi connectivity index (χ4v) is 1.96. The number of rotatable bonds is 6. The summed E-state index contributed by atoms with van der Waals surface area (Å²) in [5.74, 6) is 0.799. The number of carbonyl (C=O) groups is 1. The molecule has 0 aliphatic rings. The third-order valence-corrected chi connectivity index (χ3v) is 3.17. The van der Waals surface area contributed by atoms with Crippen molar-refractivity contribution in [1.82, 2.24) is 0 Å². The quantitative estimate of drug-likeness (QED) is 0.639. The number of amides is 1. The number of nitrogens with one attached hydrogen (secondary N) is 1. The summed E-state index contributed by atoms with van der Waals surface area (Å²) in [6.07, 6.45) is 1.56. The smallest absolute Gasteiger partial charge is 0.266 e. The molecule has 24 heavy (non-hydrogen) atoms. The zero-order chi connectivity index (χ0) is 17.4. The number of hydrogen-bond acceptors (Lipinski definition) is 3. The highest BCUT2D eigenvalue weighted by Crippen LogP contribution is 2.16. The molecule has 2 aromatic carbocycles.